The van der Waals surface area contributed by atoms with Crippen LogP contribution in [-0.4, -0.2) is 9.55 Å². The fourth-order valence-corrected chi connectivity index (χ4v) is 5.01. The molecule has 2 nitrogen and oxygen atoms in total. The lowest BCUT2D eigenvalue weighted by Gasteiger charge is -2.16. The topological polar surface area (TPSA) is 17.8 Å². The zero-order valence-corrected chi connectivity index (χ0v) is 14.1. The number of imidazole rings is 1. The van der Waals surface area contributed by atoms with Crippen LogP contribution in [0.3, 0.4) is 0 Å². The molecule has 1 aromatic heterocycles. The number of fused-ring (bicyclic) bond motifs is 4. The Hall–Kier alpha value is -2.04. The first-order valence-corrected chi connectivity index (χ1v) is 9.10. The summed E-state index contributed by atoms with van der Waals surface area (Å²) in [7, 11) is 0. The van der Waals surface area contributed by atoms with Gasteiger partial charge in [0.25, 0.3) is 0 Å². The van der Waals surface area contributed by atoms with Crippen molar-refractivity contribution in [3.8, 4) is 0 Å². The van der Waals surface area contributed by atoms with Crippen molar-refractivity contribution in [3.63, 3.8) is 0 Å². The molecule has 2 heterocycles. The number of nitrogens with zero attached hydrogens (tertiary/aromatic N) is 2. The number of hydrogen-bond donors (Lipinski definition) is 0. The van der Waals surface area contributed by atoms with Crippen LogP contribution in [0.15, 0.2) is 54.6 Å². The monoisotopic (exact) mass is 354 g/mol. The number of thioether (sulfide) groups is 1. The van der Waals surface area contributed by atoms with Gasteiger partial charge in [-0.1, -0.05) is 41.9 Å². The van der Waals surface area contributed by atoms with Gasteiger partial charge in [0.05, 0.1) is 16.8 Å². The summed E-state index contributed by atoms with van der Waals surface area (Å²) in [6, 6.07) is 17.3. The summed E-state index contributed by atoms with van der Waals surface area (Å²) in [6.07, 6.45) is 0. The highest BCUT2D eigenvalue weighted by Crippen LogP contribution is 2.46. The maximum absolute atomic E-state index is 14.4. The van der Waals surface area contributed by atoms with Gasteiger partial charge in [-0.25, -0.2) is 9.37 Å². The van der Waals surface area contributed by atoms with Crippen LogP contribution < -0.4 is 0 Å². The van der Waals surface area contributed by atoms with Crippen molar-refractivity contribution in [2.24, 2.45) is 0 Å². The summed E-state index contributed by atoms with van der Waals surface area (Å²) < 4.78 is 16.5. The SMILES string of the molecule is Fc1cccc(Cl)c1C1SCc2nc3cc4ccccc4cc3n21. The summed E-state index contributed by atoms with van der Waals surface area (Å²) in [5, 5.41) is 2.60. The van der Waals surface area contributed by atoms with Gasteiger partial charge < -0.3 is 4.57 Å². The molecule has 0 saturated heterocycles. The average Bonchev–Trinajstić information content (AvgIpc) is 3.12. The second kappa shape index (κ2) is 5.23. The van der Waals surface area contributed by atoms with E-state index in [1.807, 2.05) is 12.1 Å². The molecule has 4 aromatic rings. The van der Waals surface area contributed by atoms with Crippen molar-refractivity contribution in [3.05, 3.63) is 76.8 Å². The normalized spacial score (nSPS) is 16.8. The Bertz CT molecular complexity index is 1090. The first kappa shape index (κ1) is 14.3. The summed E-state index contributed by atoms with van der Waals surface area (Å²) in [5.74, 6) is 1.45. The van der Waals surface area contributed by atoms with Crippen molar-refractivity contribution >= 4 is 45.2 Å². The lowest BCUT2D eigenvalue weighted by Crippen LogP contribution is -2.06. The first-order chi connectivity index (χ1) is 11.7. The Labute approximate surface area is 147 Å². The van der Waals surface area contributed by atoms with Gasteiger partial charge in [0.2, 0.25) is 0 Å². The fourth-order valence-electron chi connectivity index (χ4n) is 3.38. The number of aromatic nitrogens is 2. The molecule has 5 heteroatoms. The molecular weight excluding hydrogens is 343 g/mol. The highest BCUT2D eigenvalue weighted by Gasteiger charge is 2.31. The Balaban J connectivity index is 1.79. The van der Waals surface area contributed by atoms with Gasteiger partial charge in [-0.05, 0) is 35.0 Å². The zero-order chi connectivity index (χ0) is 16.3. The Morgan fingerprint density at radius 1 is 1.08 bits per heavy atom. The van der Waals surface area contributed by atoms with E-state index in [-0.39, 0.29) is 11.2 Å². The highest BCUT2D eigenvalue weighted by atomic mass is 35.5. The Morgan fingerprint density at radius 3 is 2.67 bits per heavy atom. The standard InChI is InChI=1S/C19H12ClFN2S/c20-13-6-3-7-14(21)18(13)19-23-16-9-12-5-2-1-4-11(12)8-15(16)22-17(23)10-24-19/h1-9,19H,10H2. The maximum atomic E-state index is 14.4. The number of benzene rings is 3. The van der Waals surface area contributed by atoms with E-state index >= 15 is 0 Å². The molecule has 0 aliphatic carbocycles. The van der Waals surface area contributed by atoms with Gasteiger partial charge in [0.15, 0.2) is 0 Å². The predicted octanol–water partition coefficient (Wildman–Crippen LogP) is 5.78. The Kier molecular flexibility index (Phi) is 3.12. The van der Waals surface area contributed by atoms with Crippen LogP contribution in [0.1, 0.15) is 16.8 Å². The number of halogens is 2. The number of hydrogen-bond acceptors (Lipinski definition) is 2. The molecule has 3 aromatic carbocycles. The van der Waals surface area contributed by atoms with E-state index < -0.39 is 0 Å². The average molecular weight is 355 g/mol. The van der Waals surface area contributed by atoms with Gasteiger partial charge in [-0.3, -0.25) is 0 Å². The van der Waals surface area contributed by atoms with Crippen LogP contribution in [0.4, 0.5) is 4.39 Å². The van der Waals surface area contributed by atoms with E-state index in [4.69, 9.17) is 16.6 Å². The van der Waals surface area contributed by atoms with E-state index in [1.165, 1.54) is 6.07 Å². The smallest absolute Gasteiger partial charge is 0.130 e. The molecule has 0 bridgehead atoms. The minimum Gasteiger partial charge on any atom is -0.310 e. The van der Waals surface area contributed by atoms with Gasteiger partial charge >= 0.3 is 0 Å². The largest absolute Gasteiger partial charge is 0.310 e. The maximum Gasteiger partial charge on any atom is 0.130 e. The number of rotatable bonds is 1. The third-order valence-electron chi connectivity index (χ3n) is 4.48. The van der Waals surface area contributed by atoms with Crippen molar-refractivity contribution < 1.29 is 4.39 Å². The van der Waals surface area contributed by atoms with Crippen LogP contribution in [-0.2, 0) is 5.75 Å². The molecule has 0 amide bonds. The molecule has 118 valence electrons. The quantitative estimate of drug-likeness (QED) is 0.431. The second-order valence-corrected chi connectivity index (χ2v) is 7.36. The molecule has 0 N–H and O–H groups in total. The summed E-state index contributed by atoms with van der Waals surface area (Å²) in [5.41, 5.74) is 2.51. The van der Waals surface area contributed by atoms with Crippen molar-refractivity contribution in [1.82, 2.24) is 9.55 Å². The predicted molar refractivity (Wildman–Crippen MR) is 98.1 cm³/mol. The van der Waals surface area contributed by atoms with E-state index in [0.29, 0.717) is 10.6 Å². The molecular formula is C19H12ClFN2S. The van der Waals surface area contributed by atoms with Crippen molar-refractivity contribution in [1.29, 1.82) is 0 Å². The molecule has 0 fully saturated rings. The molecule has 1 atom stereocenters. The Morgan fingerprint density at radius 2 is 1.88 bits per heavy atom. The van der Waals surface area contributed by atoms with Crippen LogP contribution in [0.25, 0.3) is 21.8 Å². The molecule has 1 aliphatic heterocycles. The van der Waals surface area contributed by atoms with Crippen LogP contribution in [0.5, 0.6) is 0 Å². The molecule has 0 spiro atoms. The van der Waals surface area contributed by atoms with Gasteiger partial charge in [-0.2, -0.15) is 0 Å². The lowest BCUT2D eigenvalue weighted by atomic mass is 10.1. The molecule has 1 aliphatic rings. The van der Waals surface area contributed by atoms with E-state index in [9.17, 15) is 4.39 Å². The van der Waals surface area contributed by atoms with Crippen molar-refractivity contribution in [2.45, 2.75) is 11.1 Å². The van der Waals surface area contributed by atoms with E-state index in [2.05, 4.69) is 28.8 Å². The van der Waals surface area contributed by atoms with Gasteiger partial charge in [0.1, 0.15) is 17.0 Å². The van der Waals surface area contributed by atoms with E-state index in [1.54, 1.807) is 23.9 Å². The first-order valence-electron chi connectivity index (χ1n) is 7.67. The zero-order valence-electron chi connectivity index (χ0n) is 12.5. The highest BCUT2D eigenvalue weighted by molar-refractivity contribution is 7.99. The molecule has 0 radical (unpaired) electrons. The third-order valence-corrected chi connectivity index (χ3v) is 6.00. The molecule has 1 unspecified atom stereocenters. The van der Waals surface area contributed by atoms with Crippen molar-refractivity contribution in [2.75, 3.05) is 0 Å². The third kappa shape index (κ3) is 2.00. The molecule has 24 heavy (non-hydrogen) atoms. The summed E-state index contributed by atoms with van der Waals surface area (Å²) >= 11 is 7.96. The summed E-state index contributed by atoms with van der Waals surface area (Å²) in [4.78, 5) is 4.76. The van der Waals surface area contributed by atoms with Crippen LogP contribution in [0.2, 0.25) is 5.02 Å². The van der Waals surface area contributed by atoms with Gasteiger partial charge in [-0.15, -0.1) is 11.8 Å². The van der Waals surface area contributed by atoms with Crippen LogP contribution in [0, 0.1) is 5.82 Å². The lowest BCUT2D eigenvalue weighted by molar-refractivity contribution is 0.599. The molecule has 5 rings (SSSR count). The fraction of sp³-hybridized carbons (Fsp3) is 0.105. The minimum atomic E-state index is -0.268. The minimum absolute atomic E-state index is 0.181. The summed E-state index contributed by atoms with van der Waals surface area (Å²) in [6.45, 7) is 0. The van der Waals surface area contributed by atoms with Crippen LogP contribution >= 0.6 is 23.4 Å². The van der Waals surface area contributed by atoms with E-state index in [0.717, 1.165) is 33.4 Å². The molecule has 0 saturated carbocycles. The second-order valence-electron chi connectivity index (χ2n) is 5.88. The van der Waals surface area contributed by atoms with Gasteiger partial charge in [0, 0.05) is 10.6 Å².